The summed E-state index contributed by atoms with van der Waals surface area (Å²) in [5, 5.41) is 8.95. The van der Waals surface area contributed by atoms with Crippen LogP contribution < -0.4 is 11.1 Å². The highest BCUT2D eigenvalue weighted by Crippen LogP contribution is 2.53. The van der Waals surface area contributed by atoms with E-state index < -0.39 is 0 Å². The van der Waals surface area contributed by atoms with Gasteiger partial charge in [0.2, 0.25) is 0 Å². The first-order valence-corrected chi connectivity index (χ1v) is 20.3. The minimum absolute atomic E-state index is 0.0739. The first-order valence-electron chi connectivity index (χ1n) is 19.5. The van der Waals surface area contributed by atoms with Crippen LogP contribution in [0.15, 0.2) is 182 Å². The summed E-state index contributed by atoms with van der Waals surface area (Å²) in [4.78, 5) is 0. The summed E-state index contributed by atoms with van der Waals surface area (Å²) in [6.07, 6.45) is 4.14. The van der Waals surface area contributed by atoms with E-state index in [-0.39, 0.29) is 17.6 Å². The van der Waals surface area contributed by atoms with E-state index in [9.17, 15) is 0 Å². The van der Waals surface area contributed by atoms with Crippen LogP contribution in [0.2, 0.25) is 0 Å². The van der Waals surface area contributed by atoms with Gasteiger partial charge in [0.25, 0.3) is 0 Å². The number of nitrogens with one attached hydrogen (secondary N) is 1. The number of fused-ring (bicyclic) bond motifs is 7. The lowest BCUT2D eigenvalue weighted by atomic mass is 9.81. The van der Waals surface area contributed by atoms with Crippen LogP contribution in [0.1, 0.15) is 53.9 Å². The van der Waals surface area contributed by atoms with Gasteiger partial charge in [-0.05, 0) is 102 Å². The molecule has 0 spiro atoms. The molecule has 10 rings (SSSR count). The highest BCUT2D eigenvalue weighted by atomic mass is 32.1. The molecule has 3 N–H and O–H groups in total. The molecular formula is C53H42N2S. The molecule has 0 bridgehead atoms. The van der Waals surface area contributed by atoms with E-state index in [1.165, 1.54) is 81.0 Å². The Kier molecular flexibility index (Phi) is 8.53. The Bertz CT molecular complexity index is 2940. The molecule has 1 aliphatic carbocycles. The summed E-state index contributed by atoms with van der Waals surface area (Å²) >= 11 is 1.85. The van der Waals surface area contributed by atoms with Crippen molar-refractivity contribution in [3.63, 3.8) is 0 Å². The molecule has 1 aliphatic rings. The fourth-order valence-electron chi connectivity index (χ4n) is 8.82. The lowest BCUT2D eigenvalue weighted by Crippen LogP contribution is -2.31. The van der Waals surface area contributed by atoms with Crippen LogP contribution in [0.25, 0.3) is 70.4 Å². The van der Waals surface area contributed by atoms with Crippen molar-refractivity contribution >= 4 is 48.4 Å². The Morgan fingerprint density at radius 3 is 2.07 bits per heavy atom. The maximum absolute atomic E-state index is 6.88. The van der Waals surface area contributed by atoms with E-state index in [2.05, 4.69) is 189 Å². The molecule has 0 aliphatic heterocycles. The normalized spacial score (nSPS) is 14.3. The van der Waals surface area contributed by atoms with Gasteiger partial charge in [-0.2, -0.15) is 0 Å². The van der Waals surface area contributed by atoms with Crippen molar-refractivity contribution < 1.29 is 0 Å². The van der Waals surface area contributed by atoms with E-state index in [1.807, 2.05) is 29.5 Å². The average Bonchev–Trinajstić information content (AvgIpc) is 3.73. The second-order valence-electron chi connectivity index (χ2n) is 15.5. The van der Waals surface area contributed by atoms with Gasteiger partial charge in [0.05, 0.1) is 12.2 Å². The predicted molar refractivity (Wildman–Crippen MR) is 240 cm³/mol. The van der Waals surface area contributed by atoms with E-state index >= 15 is 0 Å². The third-order valence-electron chi connectivity index (χ3n) is 11.8. The standard InChI is InChI=1S/C53H42N2S/c1-53(2)46-21-12-20-41(51(46)45-31-37-15-6-7-16-38(37)33-47(45)53)35-26-23-34(24-27-35)25-29-48(55-52(54)36-13-4-3-5-14-36)42-18-9-8-17-40(42)39-28-30-50-44(32-39)43-19-10-11-22-49(43)56-50/h3-33,48,52,55H,54H2,1-2H3/b29-25+. The van der Waals surface area contributed by atoms with Gasteiger partial charge in [0.15, 0.2) is 0 Å². The molecule has 0 amide bonds. The zero-order valence-electron chi connectivity index (χ0n) is 31.5. The van der Waals surface area contributed by atoms with Crippen LogP contribution >= 0.6 is 11.3 Å². The van der Waals surface area contributed by atoms with Gasteiger partial charge in [-0.15, -0.1) is 11.3 Å². The first kappa shape index (κ1) is 34.4. The van der Waals surface area contributed by atoms with Crippen molar-refractivity contribution in [2.45, 2.75) is 31.5 Å². The van der Waals surface area contributed by atoms with Crippen LogP contribution in [0.3, 0.4) is 0 Å². The molecule has 0 saturated carbocycles. The zero-order valence-corrected chi connectivity index (χ0v) is 32.4. The van der Waals surface area contributed by atoms with Gasteiger partial charge in [0, 0.05) is 25.6 Å². The lowest BCUT2D eigenvalue weighted by Gasteiger charge is -2.24. The predicted octanol–water partition coefficient (Wildman–Crippen LogP) is 13.8. The Balaban J connectivity index is 1.01. The van der Waals surface area contributed by atoms with Crippen molar-refractivity contribution in [2.24, 2.45) is 5.73 Å². The van der Waals surface area contributed by atoms with Crippen LogP contribution in [0.4, 0.5) is 0 Å². The summed E-state index contributed by atoms with van der Waals surface area (Å²) in [5.74, 6) is 0. The van der Waals surface area contributed by atoms with Crippen molar-refractivity contribution in [1.82, 2.24) is 5.32 Å². The fourth-order valence-corrected chi connectivity index (χ4v) is 9.90. The number of thiophene rings is 1. The molecule has 56 heavy (non-hydrogen) atoms. The summed E-state index contributed by atoms with van der Waals surface area (Å²) in [5.41, 5.74) is 20.5. The maximum atomic E-state index is 6.88. The molecule has 1 aromatic heterocycles. The number of hydrogen-bond acceptors (Lipinski definition) is 3. The Labute approximate surface area is 332 Å². The molecular weight excluding hydrogens is 697 g/mol. The third kappa shape index (κ3) is 5.97. The van der Waals surface area contributed by atoms with E-state index in [0.717, 1.165) is 11.1 Å². The van der Waals surface area contributed by atoms with E-state index in [1.54, 1.807) is 0 Å². The summed E-state index contributed by atoms with van der Waals surface area (Å²) < 4.78 is 2.62. The number of hydrogen-bond donors (Lipinski definition) is 2. The quantitative estimate of drug-likeness (QED) is 0.152. The minimum Gasteiger partial charge on any atom is -0.312 e. The van der Waals surface area contributed by atoms with Crippen LogP contribution in [-0.2, 0) is 5.41 Å². The highest BCUT2D eigenvalue weighted by Gasteiger charge is 2.37. The second kappa shape index (κ2) is 13.9. The molecule has 2 unspecified atom stereocenters. The number of benzene rings is 8. The number of nitrogens with two attached hydrogens (primary N) is 1. The molecule has 270 valence electrons. The van der Waals surface area contributed by atoms with Crippen LogP contribution in [0.5, 0.6) is 0 Å². The van der Waals surface area contributed by atoms with Gasteiger partial charge in [-0.25, -0.2) is 0 Å². The molecule has 1 heterocycles. The van der Waals surface area contributed by atoms with Gasteiger partial charge in [0.1, 0.15) is 0 Å². The largest absolute Gasteiger partial charge is 0.312 e. The van der Waals surface area contributed by atoms with Gasteiger partial charge < -0.3 is 5.73 Å². The fraction of sp³-hybridized carbons (Fsp3) is 0.0943. The summed E-state index contributed by atoms with van der Waals surface area (Å²) in [6.45, 7) is 4.72. The van der Waals surface area contributed by atoms with Gasteiger partial charge >= 0.3 is 0 Å². The lowest BCUT2D eigenvalue weighted by molar-refractivity contribution is 0.510. The smallest absolute Gasteiger partial charge is 0.0817 e. The van der Waals surface area contributed by atoms with Crippen molar-refractivity contribution in [2.75, 3.05) is 0 Å². The zero-order chi connectivity index (χ0) is 37.8. The molecule has 0 fully saturated rings. The molecule has 0 radical (unpaired) electrons. The number of rotatable bonds is 8. The molecule has 0 saturated heterocycles. The maximum Gasteiger partial charge on any atom is 0.0817 e. The topological polar surface area (TPSA) is 38.0 Å². The van der Waals surface area contributed by atoms with Crippen molar-refractivity contribution in [1.29, 1.82) is 0 Å². The highest BCUT2D eigenvalue weighted by molar-refractivity contribution is 7.25. The summed E-state index contributed by atoms with van der Waals surface area (Å²) in [7, 11) is 0. The molecule has 2 nitrogen and oxygen atoms in total. The van der Waals surface area contributed by atoms with Crippen LogP contribution in [0, 0.1) is 0 Å². The third-order valence-corrected chi connectivity index (χ3v) is 12.9. The monoisotopic (exact) mass is 738 g/mol. The Morgan fingerprint density at radius 1 is 0.554 bits per heavy atom. The first-order chi connectivity index (χ1) is 27.4. The van der Waals surface area contributed by atoms with Crippen LogP contribution in [-0.4, -0.2) is 0 Å². The molecule has 2 atom stereocenters. The van der Waals surface area contributed by atoms with Gasteiger partial charge in [-0.3, -0.25) is 5.32 Å². The molecule has 3 heteroatoms. The minimum atomic E-state index is -0.353. The SMILES string of the molecule is CC1(C)c2cc3ccccc3cc2-c2c(-c3ccc(/C=C/C(NC(N)c4ccccc4)c4ccccc4-c4ccc5sc6ccccc6c5c4)cc3)cccc21. The Hall–Kier alpha value is -6.10. The molecule has 8 aromatic carbocycles. The van der Waals surface area contributed by atoms with Crippen molar-refractivity contribution in [3.8, 4) is 33.4 Å². The van der Waals surface area contributed by atoms with Gasteiger partial charge in [-0.1, -0.05) is 172 Å². The van der Waals surface area contributed by atoms with Crippen molar-refractivity contribution in [3.05, 3.63) is 210 Å². The van der Waals surface area contributed by atoms with E-state index in [0.29, 0.717) is 0 Å². The Morgan fingerprint density at radius 2 is 1.23 bits per heavy atom. The second-order valence-corrected chi connectivity index (χ2v) is 16.6. The summed E-state index contributed by atoms with van der Waals surface area (Å²) in [6, 6.07) is 63.8. The van der Waals surface area contributed by atoms with E-state index in [4.69, 9.17) is 5.73 Å². The molecule has 9 aromatic rings. The average molecular weight is 739 g/mol.